The highest BCUT2D eigenvalue weighted by molar-refractivity contribution is 6.07. The van der Waals surface area contributed by atoms with Gasteiger partial charge in [-0.3, -0.25) is 14.7 Å². The lowest BCUT2D eigenvalue weighted by Crippen LogP contribution is -2.48. The number of carbonyl (C=O) groups excluding carboxylic acids is 1. The molecule has 3 aromatic heterocycles. The predicted octanol–water partition coefficient (Wildman–Crippen LogP) is 3.85. The molecule has 6 heteroatoms. The van der Waals surface area contributed by atoms with Crippen molar-refractivity contribution in [2.24, 2.45) is 0 Å². The molecule has 0 spiro atoms. The van der Waals surface area contributed by atoms with Gasteiger partial charge in [0.25, 0.3) is 5.91 Å². The number of piperazine rings is 1. The molecule has 4 heterocycles. The lowest BCUT2D eigenvalue weighted by Gasteiger charge is -2.35. The summed E-state index contributed by atoms with van der Waals surface area (Å²) in [4.78, 5) is 26.5. The molecule has 150 valence electrons. The molecule has 30 heavy (non-hydrogen) atoms. The number of fused-ring (bicyclic) bond motifs is 1. The van der Waals surface area contributed by atoms with E-state index in [-0.39, 0.29) is 5.91 Å². The minimum Gasteiger partial charge on any atom is -0.463 e. The Hall–Kier alpha value is -3.51. The molecule has 5 rings (SSSR count). The van der Waals surface area contributed by atoms with Crippen LogP contribution in [0.4, 0.5) is 0 Å². The second-order valence-corrected chi connectivity index (χ2v) is 7.47. The van der Waals surface area contributed by atoms with E-state index in [4.69, 9.17) is 4.42 Å². The van der Waals surface area contributed by atoms with Crippen molar-refractivity contribution in [3.8, 4) is 11.5 Å². The van der Waals surface area contributed by atoms with Crippen molar-refractivity contribution in [3.05, 3.63) is 84.4 Å². The Balaban J connectivity index is 1.37. The molecule has 0 atom stereocenters. The molecule has 1 aromatic carbocycles. The molecule has 4 aromatic rings. The Labute approximate surface area is 174 Å². The topological polar surface area (TPSA) is 62.5 Å². The number of amides is 1. The van der Waals surface area contributed by atoms with Crippen molar-refractivity contribution in [1.29, 1.82) is 0 Å². The number of nitrogens with zero attached hydrogens (tertiary/aromatic N) is 4. The lowest BCUT2D eigenvalue weighted by molar-refractivity contribution is 0.0630. The van der Waals surface area contributed by atoms with Crippen LogP contribution in [0, 0.1) is 0 Å². The largest absolute Gasteiger partial charge is 0.463 e. The zero-order valence-electron chi connectivity index (χ0n) is 16.6. The molecule has 0 saturated carbocycles. The van der Waals surface area contributed by atoms with Gasteiger partial charge in [0.05, 0.1) is 17.3 Å². The van der Waals surface area contributed by atoms with Crippen molar-refractivity contribution in [1.82, 2.24) is 19.8 Å². The number of carbonyl (C=O) groups is 1. The first-order valence-electron chi connectivity index (χ1n) is 10.1. The Morgan fingerprint density at radius 3 is 2.53 bits per heavy atom. The lowest BCUT2D eigenvalue weighted by atomic mass is 10.0. The van der Waals surface area contributed by atoms with Crippen LogP contribution in [0.1, 0.15) is 15.9 Å². The normalized spacial score (nSPS) is 14.9. The van der Waals surface area contributed by atoms with Gasteiger partial charge in [-0.15, -0.1) is 0 Å². The van der Waals surface area contributed by atoms with E-state index in [1.54, 1.807) is 6.26 Å². The number of hydrogen-bond acceptors (Lipinski definition) is 5. The average Bonchev–Trinajstić information content (AvgIpc) is 3.34. The number of pyridine rings is 2. The molecule has 0 unspecified atom stereocenters. The smallest absolute Gasteiger partial charge is 0.254 e. The number of hydrogen-bond donors (Lipinski definition) is 0. The third-order valence-corrected chi connectivity index (χ3v) is 5.54. The van der Waals surface area contributed by atoms with Gasteiger partial charge in [0.2, 0.25) is 0 Å². The van der Waals surface area contributed by atoms with Crippen LogP contribution in [0.5, 0.6) is 0 Å². The molecule has 1 fully saturated rings. The number of benzene rings is 1. The van der Waals surface area contributed by atoms with Gasteiger partial charge >= 0.3 is 0 Å². The fourth-order valence-electron chi connectivity index (χ4n) is 3.93. The molecule has 0 N–H and O–H groups in total. The third-order valence-electron chi connectivity index (χ3n) is 5.54. The molecular weight excluding hydrogens is 376 g/mol. The maximum Gasteiger partial charge on any atom is 0.254 e. The standard InChI is InChI=1S/C24H22N4O2/c29-24(28-13-11-27(12-14-28)17-18-7-9-25-10-8-18)20-16-22(23-6-3-15-30-23)26-21-5-2-1-4-19(20)21/h1-10,15-16H,11-14,17H2. The summed E-state index contributed by atoms with van der Waals surface area (Å²) in [6, 6.07) is 17.4. The molecule has 1 amide bonds. The third kappa shape index (κ3) is 3.69. The van der Waals surface area contributed by atoms with Gasteiger partial charge in [-0.25, -0.2) is 4.98 Å². The highest BCUT2D eigenvalue weighted by atomic mass is 16.3. The number of rotatable bonds is 4. The highest BCUT2D eigenvalue weighted by Crippen LogP contribution is 2.26. The predicted molar refractivity (Wildman–Crippen MR) is 115 cm³/mol. The molecule has 0 aliphatic carbocycles. The van der Waals surface area contributed by atoms with Crippen LogP contribution in [0.3, 0.4) is 0 Å². The summed E-state index contributed by atoms with van der Waals surface area (Å²) in [6.45, 7) is 3.99. The minimum atomic E-state index is 0.0463. The van der Waals surface area contributed by atoms with E-state index in [9.17, 15) is 4.79 Å². The summed E-state index contributed by atoms with van der Waals surface area (Å²) in [5.41, 5.74) is 3.40. The van der Waals surface area contributed by atoms with Gasteiger partial charge in [-0.05, 0) is 42.0 Å². The monoisotopic (exact) mass is 398 g/mol. The Morgan fingerprint density at radius 1 is 0.967 bits per heavy atom. The van der Waals surface area contributed by atoms with E-state index in [1.165, 1.54) is 5.56 Å². The molecule has 0 bridgehead atoms. The number of aromatic nitrogens is 2. The van der Waals surface area contributed by atoms with Gasteiger partial charge < -0.3 is 9.32 Å². The molecule has 6 nitrogen and oxygen atoms in total. The summed E-state index contributed by atoms with van der Waals surface area (Å²) >= 11 is 0. The summed E-state index contributed by atoms with van der Waals surface area (Å²) < 4.78 is 5.52. The van der Waals surface area contributed by atoms with Crippen molar-refractivity contribution in [3.63, 3.8) is 0 Å². The van der Waals surface area contributed by atoms with Crippen LogP contribution in [-0.2, 0) is 6.54 Å². The average molecular weight is 398 g/mol. The zero-order valence-corrected chi connectivity index (χ0v) is 16.6. The Kier molecular flexibility index (Phi) is 4.99. The fraction of sp³-hybridized carbons (Fsp3) is 0.208. The Morgan fingerprint density at radius 2 is 1.77 bits per heavy atom. The number of furan rings is 1. The van der Waals surface area contributed by atoms with Crippen LogP contribution in [-0.4, -0.2) is 51.9 Å². The van der Waals surface area contributed by atoms with Crippen LogP contribution in [0.15, 0.2) is 77.7 Å². The first-order chi connectivity index (χ1) is 14.8. The van der Waals surface area contributed by atoms with E-state index < -0.39 is 0 Å². The molecular formula is C24H22N4O2. The second-order valence-electron chi connectivity index (χ2n) is 7.47. The highest BCUT2D eigenvalue weighted by Gasteiger charge is 2.24. The summed E-state index contributed by atoms with van der Waals surface area (Å²) in [7, 11) is 0. The number of para-hydroxylation sites is 1. The van der Waals surface area contributed by atoms with Crippen LogP contribution < -0.4 is 0 Å². The molecule has 1 aliphatic rings. The molecule has 0 radical (unpaired) electrons. The van der Waals surface area contributed by atoms with Crippen molar-refractivity contribution in [2.45, 2.75) is 6.54 Å². The second kappa shape index (κ2) is 8.08. The zero-order chi connectivity index (χ0) is 20.3. The van der Waals surface area contributed by atoms with Gasteiger partial charge in [0, 0.05) is 50.5 Å². The van der Waals surface area contributed by atoms with E-state index in [2.05, 4.69) is 14.9 Å². The summed E-state index contributed by atoms with van der Waals surface area (Å²) in [5, 5.41) is 0.872. The SMILES string of the molecule is O=C(c1cc(-c2ccco2)nc2ccccc12)N1CCN(Cc2ccncc2)CC1. The molecule has 1 saturated heterocycles. The Bertz CT molecular complexity index is 1150. The minimum absolute atomic E-state index is 0.0463. The van der Waals surface area contributed by atoms with Gasteiger partial charge in [0.1, 0.15) is 5.69 Å². The van der Waals surface area contributed by atoms with Gasteiger partial charge in [-0.1, -0.05) is 18.2 Å². The maximum atomic E-state index is 13.4. The quantitative estimate of drug-likeness (QED) is 0.523. The van der Waals surface area contributed by atoms with Crippen LogP contribution >= 0.6 is 0 Å². The fourth-order valence-corrected chi connectivity index (χ4v) is 3.93. The first kappa shape index (κ1) is 18.5. The van der Waals surface area contributed by atoms with Crippen LogP contribution in [0.25, 0.3) is 22.4 Å². The first-order valence-corrected chi connectivity index (χ1v) is 10.1. The van der Waals surface area contributed by atoms with Crippen LogP contribution in [0.2, 0.25) is 0 Å². The van der Waals surface area contributed by atoms with Crippen molar-refractivity contribution < 1.29 is 9.21 Å². The molecule has 1 aliphatic heterocycles. The van der Waals surface area contributed by atoms with Crippen molar-refractivity contribution in [2.75, 3.05) is 26.2 Å². The van der Waals surface area contributed by atoms with Gasteiger partial charge in [0.15, 0.2) is 5.76 Å². The maximum absolute atomic E-state index is 13.4. The van der Waals surface area contributed by atoms with E-state index >= 15 is 0 Å². The van der Waals surface area contributed by atoms with E-state index in [0.717, 1.165) is 30.5 Å². The van der Waals surface area contributed by atoms with E-state index in [0.29, 0.717) is 30.1 Å². The van der Waals surface area contributed by atoms with E-state index in [1.807, 2.05) is 71.9 Å². The van der Waals surface area contributed by atoms with Crippen molar-refractivity contribution >= 4 is 16.8 Å². The summed E-state index contributed by atoms with van der Waals surface area (Å²) in [6.07, 6.45) is 5.26. The van der Waals surface area contributed by atoms with Gasteiger partial charge in [-0.2, -0.15) is 0 Å². The summed E-state index contributed by atoms with van der Waals surface area (Å²) in [5.74, 6) is 0.710.